The lowest BCUT2D eigenvalue weighted by molar-refractivity contribution is -0.132. The van der Waals surface area contributed by atoms with E-state index in [-0.39, 0.29) is 43.1 Å². The van der Waals surface area contributed by atoms with E-state index in [2.05, 4.69) is 21.2 Å². The summed E-state index contributed by atoms with van der Waals surface area (Å²) in [6.07, 6.45) is 0.965. The zero-order valence-electron chi connectivity index (χ0n) is 24.0. The van der Waals surface area contributed by atoms with Crippen LogP contribution in [-0.4, -0.2) is 72.4 Å². The van der Waals surface area contributed by atoms with Gasteiger partial charge in [-0.2, -0.15) is 5.26 Å². The number of nitrogens with zero attached hydrogens (tertiary/aromatic N) is 3. The molecule has 0 aliphatic carbocycles. The molecule has 11 nitrogen and oxygen atoms in total. The Hall–Kier alpha value is -4.01. The molecule has 0 radical (unpaired) electrons. The van der Waals surface area contributed by atoms with Gasteiger partial charge in [-0.25, -0.2) is 0 Å². The van der Waals surface area contributed by atoms with Crippen molar-refractivity contribution in [3.63, 3.8) is 0 Å². The van der Waals surface area contributed by atoms with E-state index in [4.69, 9.17) is 18.9 Å². The lowest BCUT2D eigenvalue weighted by atomic mass is 9.71. The molecule has 41 heavy (non-hydrogen) atoms. The summed E-state index contributed by atoms with van der Waals surface area (Å²) in [4.78, 5) is 28.8. The van der Waals surface area contributed by atoms with Gasteiger partial charge in [-0.3, -0.25) is 19.4 Å². The maximum absolute atomic E-state index is 12.3. The molecule has 0 aromatic heterocycles. The highest BCUT2D eigenvalue weighted by molar-refractivity contribution is 5.75. The summed E-state index contributed by atoms with van der Waals surface area (Å²) in [5.41, 5.74) is 4.76. The molecule has 1 saturated heterocycles. The zero-order valence-corrected chi connectivity index (χ0v) is 24.0. The number of nitriles is 1. The molecule has 4 heterocycles. The van der Waals surface area contributed by atoms with Crippen molar-refractivity contribution in [2.45, 2.75) is 70.7 Å². The summed E-state index contributed by atoms with van der Waals surface area (Å²) in [6, 6.07) is 2.78. The van der Waals surface area contributed by atoms with Crippen molar-refractivity contribution in [1.29, 1.82) is 5.26 Å². The number of likely N-dealkylation sites (N-methyl/N-ethyl adjacent to an activating group) is 1. The minimum atomic E-state index is -0.540. The molecule has 2 N–H and O–H groups in total. The van der Waals surface area contributed by atoms with Gasteiger partial charge in [0, 0.05) is 54.7 Å². The van der Waals surface area contributed by atoms with Gasteiger partial charge in [-0.05, 0) is 44.9 Å². The fourth-order valence-electron chi connectivity index (χ4n) is 7.55. The Morgan fingerprint density at radius 2 is 1.88 bits per heavy atom. The summed E-state index contributed by atoms with van der Waals surface area (Å²) in [6.45, 7) is 6.76. The second-order valence-corrected chi connectivity index (χ2v) is 11.3. The van der Waals surface area contributed by atoms with E-state index in [0.717, 1.165) is 27.8 Å². The van der Waals surface area contributed by atoms with Crippen molar-refractivity contribution in [3.05, 3.63) is 39.4 Å². The number of hydrogen-bond acceptors (Lipinski definition) is 10. The van der Waals surface area contributed by atoms with Crippen LogP contribution < -0.4 is 24.3 Å². The molecule has 2 aromatic rings. The Morgan fingerprint density at radius 1 is 1.15 bits per heavy atom. The molecule has 6 rings (SSSR count). The minimum Gasteiger partial charge on any atom is -0.504 e. The first-order valence-corrected chi connectivity index (χ1v) is 13.7. The van der Waals surface area contributed by atoms with Crippen LogP contribution in [-0.2, 0) is 22.4 Å². The van der Waals surface area contributed by atoms with Gasteiger partial charge in [0.05, 0.1) is 25.3 Å². The Kier molecular flexibility index (Phi) is 6.51. The monoisotopic (exact) mass is 562 g/mol. The lowest BCUT2D eigenvalue weighted by Gasteiger charge is -2.60. The number of fused-ring (bicyclic) bond motifs is 9. The summed E-state index contributed by atoms with van der Waals surface area (Å²) < 4.78 is 23.3. The van der Waals surface area contributed by atoms with Gasteiger partial charge in [0.25, 0.3) is 0 Å². The van der Waals surface area contributed by atoms with Crippen molar-refractivity contribution in [2.24, 2.45) is 0 Å². The zero-order chi connectivity index (χ0) is 29.3. The third-order valence-corrected chi connectivity index (χ3v) is 9.06. The van der Waals surface area contributed by atoms with E-state index in [1.54, 1.807) is 7.11 Å². The number of ether oxygens (including phenoxy) is 4. The maximum atomic E-state index is 12.3. The van der Waals surface area contributed by atoms with Gasteiger partial charge in [0.15, 0.2) is 23.0 Å². The molecule has 0 saturated carbocycles. The standard InChI is InChI=1S/C30H34N4O7/c1-13-7-17-8-19-21(10-31)34-20(25(33(19)5)23(17)26(37)27(13)38-6)9-18-24(22(34)11-32-15(3)35)30-29(39-12-40-30)14(2)28(18)41-16(4)36/h7,19-22,25,37H,8-9,11-12H2,1-6H3,(H,32,35)/t19-,20?,21-,22-,25-/m0/s1. The van der Waals surface area contributed by atoms with Crippen LogP contribution in [0.25, 0.3) is 0 Å². The molecule has 1 unspecified atom stereocenters. The molecule has 4 aliphatic heterocycles. The van der Waals surface area contributed by atoms with Crippen LogP contribution in [0.4, 0.5) is 0 Å². The largest absolute Gasteiger partial charge is 0.504 e. The van der Waals surface area contributed by atoms with E-state index in [1.807, 2.05) is 27.0 Å². The predicted molar refractivity (Wildman–Crippen MR) is 146 cm³/mol. The molecule has 2 aromatic carbocycles. The third-order valence-electron chi connectivity index (χ3n) is 9.06. The molecule has 216 valence electrons. The number of phenolic OH excluding ortho intramolecular Hbond substituents is 1. The highest BCUT2D eigenvalue weighted by atomic mass is 16.7. The topological polar surface area (TPSA) is 134 Å². The van der Waals surface area contributed by atoms with E-state index in [1.165, 1.54) is 13.8 Å². The molecule has 1 amide bonds. The molecule has 2 bridgehead atoms. The predicted octanol–water partition coefficient (Wildman–Crippen LogP) is 2.58. The third kappa shape index (κ3) is 3.92. The number of carbonyl (C=O) groups excluding carboxylic acids is 2. The van der Waals surface area contributed by atoms with Gasteiger partial charge in [0.1, 0.15) is 11.8 Å². The molecule has 1 fully saturated rings. The number of carbonyl (C=O) groups is 2. The molecule has 5 atom stereocenters. The first-order chi connectivity index (χ1) is 19.6. The quantitative estimate of drug-likeness (QED) is 0.423. The molecule has 0 spiro atoms. The Bertz CT molecular complexity index is 1520. The van der Waals surface area contributed by atoms with E-state index in [9.17, 15) is 20.0 Å². The smallest absolute Gasteiger partial charge is 0.308 e. The van der Waals surface area contributed by atoms with Gasteiger partial charge in [0.2, 0.25) is 12.7 Å². The van der Waals surface area contributed by atoms with E-state index < -0.39 is 18.1 Å². The average Bonchev–Trinajstić information content (AvgIpc) is 3.40. The molecular weight excluding hydrogens is 528 g/mol. The number of benzene rings is 2. The van der Waals surface area contributed by atoms with Crippen LogP contribution in [0.5, 0.6) is 28.7 Å². The van der Waals surface area contributed by atoms with Crippen LogP contribution in [0.15, 0.2) is 6.07 Å². The van der Waals surface area contributed by atoms with Crippen LogP contribution >= 0.6 is 0 Å². The van der Waals surface area contributed by atoms with Gasteiger partial charge in [-0.15, -0.1) is 0 Å². The number of hydrogen-bond donors (Lipinski definition) is 2. The van der Waals surface area contributed by atoms with Crippen LogP contribution in [0, 0.1) is 25.2 Å². The van der Waals surface area contributed by atoms with Gasteiger partial charge < -0.3 is 29.4 Å². The van der Waals surface area contributed by atoms with Crippen LogP contribution in [0.2, 0.25) is 0 Å². The second kappa shape index (κ2) is 9.82. The number of piperazine rings is 1. The number of amides is 1. The van der Waals surface area contributed by atoms with E-state index in [0.29, 0.717) is 41.4 Å². The first-order valence-electron chi connectivity index (χ1n) is 13.7. The summed E-state index contributed by atoms with van der Waals surface area (Å²) in [5.74, 6) is 1.30. The highest BCUT2D eigenvalue weighted by Crippen LogP contribution is 2.58. The fraction of sp³-hybridized carbons (Fsp3) is 0.500. The number of phenols is 1. The lowest BCUT2D eigenvalue weighted by Crippen LogP contribution is -2.68. The number of methoxy groups -OCH3 is 1. The van der Waals surface area contributed by atoms with Crippen molar-refractivity contribution in [1.82, 2.24) is 15.1 Å². The normalized spacial score (nSPS) is 25.8. The van der Waals surface area contributed by atoms with Crippen molar-refractivity contribution in [2.75, 3.05) is 27.5 Å². The minimum absolute atomic E-state index is 0.0124. The molecule has 11 heteroatoms. The van der Waals surface area contributed by atoms with Crippen LogP contribution in [0.1, 0.15) is 59.3 Å². The number of aryl methyl sites for hydroxylation is 1. The summed E-state index contributed by atoms with van der Waals surface area (Å²) >= 11 is 0. The van der Waals surface area contributed by atoms with Crippen molar-refractivity contribution in [3.8, 4) is 34.8 Å². The Morgan fingerprint density at radius 3 is 2.54 bits per heavy atom. The van der Waals surface area contributed by atoms with Gasteiger partial charge >= 0.3 is 5.97 Å². The van der Waals surface area contributed by atoms with E-state index >= 15 is 0 Å². The molecular formula is C30H34N4O7. The SMILES string of the molecule is COc1c(C)cc2c(c1O)[C@@H]1C3Cc4c(OC(C)=O)c(C)c5c(c4[C@H](CNC(C)=O)N3[C@@H](C#N)[C@H](C2)N1C)OCO5. The second-order valence-electron chi connectivity index (χ2n) is 11.3. The Labute approximate surface area is 238 Å². The van der Waals surface area contributed by atoms with Crippen molar-refractivity contribution >= 4 is 11.9 Å². The highest BCUT2D eigenvalue weighted by Gasteiger charge is 2.56. The fourth-order valence-corrected chi connectivity index (χ4v) is 7.55. The number of esters is 1. The van der Waals surface area contributed by atoms with Crippen molar-refractivity contribution < 1.29 is 33.6 Å². The average molecular weight is 563 g/mol. The number of rotatable bonds is 4. The summed E-state index contributed by atoms with van der Waals surface area (Å²) in [7, 11) is 3.53. The summed E-state index contributed by atoms with van der Waals surface area (Å²) in [5, 5.41) is 25.2. The number of nitrogens with one attached hydrogen (secondary N) is 1. The first kappa shape index (κ1) is 27.2. The van der Waals surface area contributed by atoms with Crippen LogP contribution in [0.3, 0.4) is 0 Å². The molecule has 4 aliphatic rings. The number of aromatic hydroxyl groups is 1. The van der Waals surface area contributed by atoms with Gasteiger partial charge in [-0.1, -0.05) is 6.07 Å². The Balaban J connectivity index is 1.63. The maximum Gasteiger partial charge on any atom is 0.308 e.